The van der Waals surface area contributed by atoms with Crippen LogP contribution in [0.2, 0.25) is 0 Å². The zero-order valence-electron chi connectivity index (χ0n) is 12.0. The van der Waals surface area contributed by atoms with E-state index in [9.17, 15) is 4.79 Å². The number of rotatable bonds is 4. The number of thioether (sulfide) groups is 1. The van der Waals surface area contributed by atoms with E-state index < -0.39 is 0 Å². The summed E-state index contributed by atoms with van der Waals surface area (Å²) in [7, 11) is 2.04. The second-order valence-electron chi connectivity index (χ2n) is 5.34. The summed E-state index contributed by atoms with van der Waals surface area (Å²) in [4.78, 5) is 18.9. The van der Waals surface area contributed by atoms with Crippen molar-refractivity contribution in [2.45, 2.75) is 31.3 Å². The van der Waals surface area contributed by atoms with Crippen LogP contribution in [0, 0.1) is 0 Å². The lowest BCUT2D eigenvalue weighted by Gasteiger charge is -2.20. The van der Waals surface area contributed by atoms with Gasteiger partial charge in [0.1, 0.15) is 0 Å². The zero-order chi connectivity index (χ0) is 13.9. The Morgan fingerprint density at radius 1 is 1.38 bits per heavy atom. The molecular formula is C15H20ClN3OS. The number of carbonyl (C=O) groups excluding carboxylic acids is 1. The van der Waals surface area contributed by atoms with Gasteiger partial charge in [0.05, 0.1) is 6.04 Å². The van der Waals surface area contributed by atoms with Crippen LogP contribution >= 0.6 is 24.2 Å². The number of aliphatic imine (C=N–C) groups is 1. The van der Waals surface area contributed by atoms with Gasteiger partial charge in [0.25, 0.3) is 0 Å². The highest BCUT2D eigenvalue weighted by Crippen LogP contribution is 2.30. The van der Waals surface area contributed by atoms with E-state index in [4.69, 9.17) is 0 Å². The van der Waals surface area contributed by atoms with Gasteiger partial charge in [0.2, 0.25) is 5.91 Å². The lowest BCUT2D eigenvalue weighted by atomic mass is 10.2. The molecule has 1 saturated heterocycles. The second-order valence-corrected chi connectivity index (χ2v) is 6.32. The molecule has 1 saturated carbocycles. The number of para-hydroxylation sites is 1. The average molecular weight is 326 g/mol. The van der Waals surface area contributed by atoms with E-state index in [0.29, 0.717) is 12.5 Å². The van der Waals surface area contributed by atoms with E-state index in [-0.39, 0.29) is 24.4 Å². The Bertz CT molecular complexity index is 519. The second kappa shape index (κ2) is 7.18. The monoisotopic (exact) mass is 325 g/mol. The minimum atomic E-state index is 0. The van der Waals surface area contributed by atoms with Crippen molar-refractivity contribution in [3.05, 3.63) is 30.3 Å². The van der Waals surface area contributed by atoms with E-state index in [1.165, 1.54) is 12.8 Å². The first kappa shape index (κ1) is 16.2. The number of hydrogen-bond donors (Lipinski definition) is 1. The number of benzene rings is 1. The van der Waals surface area contributed by atoms with Crippen molar-refractivity contribution in [3.8, 4) is 0 Å². The Hall–Kier alpha value is -1.20. The van der Waals surface area contributed by atoms with Gasteiger partial charge < -0.3 is 10.2 Å². The summed E-state index contributed by atoms with van der Waals surface area (Å²) in [6.07, 6.45) is 2.95. The molecular weight excluding hydrogens is 306 g/mol. The molecule has 4 nitrogen and oxygen atoms in total. The summed E-state index contributed by atoms with van der Waals surface area (Å²) in [5.41, 5.74) is 0.859. The normalized spacial score (nSPS) is 23.0. The third-order valence-electron chi connectivity index (χ3n) is 3.57. The number of amidine groups is 1. The van der Waals surface area contributed by atoms with Crippen molar-refractivity contribution >= 4 is 40.9 Å². The minimum Gasteiger partial charge on any atom is -0.350 e. The predicted octanol–water partition coefficient (Wildman–Crippen LogP) is 3.00. The van der Waals surface area contributed by atoms with Crippen LogP contribution in [0.5, 0.6) is 0 Å². The maximum Gasteiger partial charge on any atom is 0.226 e. The largest absolute Gasteiger partial charge is 0.350 e. The number of anilines is 1. The van der Waals surface area contributed by atoms with Crippen LogP contribution in [-0.2, 0) is 4.79 Å². The molecule has 1 aromatic carbocycles. The highest BCUT2D eigenvalue weighted by atomic mass is 35.5. The Labute approximate surface area is 135 Å². The van der Waals surface area contributed by atoms with Crippen LogP contribution in [0.25, 0.3) is 0 Å². The molecule has 1 heterocycles. The molecule has 2 fully saturated rings. The molecule has 3 rings (SSSR count). The highest BCUT2D eigenvalue weighted by Gasteiger charge is 2.31. The molecule has 1 aliphatic heterocycles. The summed E-state index contributed by atoms with van der Waals surface area (Å²) in [6, 6.07) is 10.4. The average Bonchev–Trinajstić information content (AvgIpc) is 3.20. The van der Waals surface area contributed by atoms with Gasteiger partial charge in [-0.05, 0) is 25.0 Å². The number of carbonyl (C=O) groups is 1. The smallest absolute Gasteiger partial charge is 0.226 e. The fourth-order valence-corrected chi connectivity index (χ4v) is 3.43. The van der Waals surface area contributed by atoms with Gasteiger partial charge in [0, 0.05) is 31.0 Å². The number of amides is 1. The van der Waals surface area contributed by atoms with Gasteiger partial charge in [-0.2, -0.15) is 0 Å². The van der Waals surface area contributed by atoms with E-state index >= 15 is 0 Å². The van der Waals surface area contributed by atoms with Crippen LogP contribution < -0.4 is 5.32 Å². The third-order valence-corrected chi connectivity index (χ3v) is 4.78. The summed E-state index contributed by atoms with van der Waals surface area (Å²) in [5.74, 6) is 1.02. The predicted molar refractivity (Wildman–Crippen MR) is 91.4 cm³/mol. The molecule has 0 aromatic heterocycles. The van der Waals surface area contributed by atoms with Gasteiger partial charge >= 0.3 is 0 Å². The highest BCUT2D eigenvalue weighted by molar-refractivity contribution is 8.14. The first-order valence-corrected chi connectivity index (χ1v) is 7.99. The number of halogens is 1. The van der Waals surface area contributed by atoms with Crippen molar-refractivity contribution in [1.29, 1.82) is 0 Å². The maximum absolute atomic E-state index is 12.1. The molecule has 114 valence electrons. The van der Waals surface area contributed by atoms with Crippen molar-refractivity contribution in [3.63, 3.8) is 0 Å². The van der Waals surface area contributed by atoms with Gasteiger partial charge in [-0.25, -0.2) is 0 Å². The minimum absolute atomic E-state index is 0. The number of nitrogens with zero attached hydrogens (tertiary/aromatic N) is 2. The Morgan fingerprint density at radius 3 is 2.76 bits per heavy atom. The van der Waals surface area contributed by atoms with Crippen LogP contribution in [0.3, 0.4) is 0 Å². The van der Waals surface area contributed by atoms with Crippen molar-refractivity contribution in [2.24, 2.45) is 4.99 Å². The lowest BCUT2D eigenvalue weighted by Crippen LogP contribution is -2.33. The third kappa shape index (κ3) is 4.38. The lowest BCUT2D eigenvalue weighted by molar-refractivity contribution is -0.116. The molecule has 0 spiro atoms. The van der Waals surface area contributed by atoms with Gasteiger partial charge in [-0.3, -0.25) is 9.79 Å². The van der Waals surface area contributed by atoms with Crippen molar-refractivity contribution in [1.82, 2.24) is 4.90 Å². The summed E-state index contributed by atoms with van der Waals surface area (Å²) in [5, 5.41) is 4.04. The zero-order valence-corrected chi connectivity index (χ0v) is 13.6. The van der Waals surface area contributed by atoms with E-state index in [0.717, 1.165) is 16.6 Å². The molecule has 0 bridgehead atoms. The molecule has 2 aliphatic rings. The molecule has 1 unspecified atom stereocenters. The van der Waals surface area contributed by atoms with Crippen LogP contribution in [-0.4, -0.2) is 40.9 Å². The van der Waals surface area contributed by atoms with Gasteiger partial charge in [-0.1, -0.05) is 30.0 Å². The standard InChI is InChI=1S/C15H19N3OS.ClH/c1-18-13(10-20-15(18)17-12-7-8-12)9-14(19)16-11-5-3-2-4-6-11;/h2-6,12-13H,7-10H2,1H3,(H,16,19);1H. The van der Waals surface area contributed by atoms with Crippen molar-refractivity contribution < 1.29 is 4.79 Å². The Balaban J connectivity index is 0.00000161. The first-order chi connectivity index (χ1) is 9.72. The molecule has 1 N–H and O–H groups in total. The quantitative estimate of drug-likeness (QED) is 0.925. The van der Waals surface area contributed by atoms with E-state index in [1.54, 1.807) is 11.8 Å². The van der Waals surface area contributed by atoms with Crippen LogP contribution in [0.1, 0.15) is 19.3 Å². The molecule has 1 atom stereocenters. The molecule has 1 aromatic rings. The fourth-order valence-electron chi connectivity index (χ4n) is 2.17. The molecule has 1 aliphatic carbocycles. The molecule has 1 amide bonds. The van der Waals surface area contributed by atoms with Crippen LogP contribution in [0.15, 0.2) is 35.3 Å². The summed E-state index contributed by atoms with van der Waals surface area (Å²) in [6.45, 7) is 0. The molecule has 0 radical (unpaired) electrons. The first-order valence-electron chi connectivity index (χ1n) is 7.00. The van der Waals surface area contributed by atoms with Gasteiger partial charge in [0.15, 0.2) is 5.17 Å². The van der Waals surface area contributed by atoms with Gasteiger partial charge in [-0.15, -0.1) is 12.4 Å². The molecule has 21 heavy (non-hydrogen) atoms. The van der Waals surface area contributed by atoms with E-state index in [1.807, 2.05) is 37.4 Å². The maximum atomic E-state index is 12.1. The topological polar surface area (TPSA) is 44.7 Å². The Morgan fingerprint density at radius 2 is 2.10 bits per heavy atom. The number of hydrogen-bond acceptors (Lipinski definition) is 3. The summed E-state index contributed by atoms with van der Waals surface area (Å²) < 4.78 is 0. The summed E-state index contributed by atoms with van der Waals surface area (Å²) >= 11 is 1.77. The molecule has 6 heteroatoms. The number of nitrogens with one attached hydrogen (secondary N) is 1. The van der Waals surface area contributed by atoms with E-state index in [2.05, 4.69) is 15.2 Å². The van der Waals surface area contributed by atoms with Crippen LogP contribution in [0.4, 0.5) is 5.69 Å². The SMILES string of the molecule is CN1C(=NC2CC2)SCC1CC(=O)Nc1ccccc1.Cl. The van der Waals surface area contributed by atoms with Crippen molar-refractivity contribution in [2.75, 3.05) is 18.1 Å². The Kier molecular flexibility index (Phi) is 5.53. The fraction of sp³-hybridized carbons (Fsp3) is 0.467.